The van der Waals surface area contributed by atoms with Gasteiger partial charge in [0.1, 0.15) is 11.1 Å². The first-order valence-corrected chi connectivity index (χ1v) is 7.87. The second-order valence-corrected chi connectivity index (χ2v) is 6.28. The third kappa shape index (κ3) is 3.61. The van der Waals surface area contributed by atoms with Gasteiger partial charge in [0, 0.05) is 18.9 Å². The summed E-state index contributed by atoms with van der Waals surface area (Å²) in [7, 11) is 1.53. The molecule has 0 aromatic carbocycles. The van der Waals surface area contributed by atoms with Crippen LogP contribution in [-0.4, -0.2) is 36.4 Å². The maximum Gasteiger partial charge on any atom is 0.253 e. The molecule has 0 spiro atoms. The highest BCUT2D eigenvalue weighted by atomic mass is 32.2. The lowest BCUT2D eigenvalue weighted by Crippen LogP contribution is -2.27. The summed E-state index contributed by atoms with van der Waals surface area (Å²) in [5, 5.41) is 3.76. The number of rotatable bonds is 3. The van der Waals surface area contributed by atoms with Crippen molar-refractivity contribution >= 4 is 22.3 Å². The quantitative estimate of drug-likeness (QED) is 0.921. The molecular weight excluding hydrogens is 262 g/mol. The molecule has 1 aliphatic rings. The van der Waals surface area contributed by atoms with Gasteiger partial charge in [-0.15, -0.1) is 0 Å². The number of carbonyl (C=O) groups excluding carboxylic acids is 1. The van der Waals surface area contributed by atoms with Crippen LogP contribution in [0.1, 0.15) is 19.8 Å². The van der Waals surface area contributed by atoms with Crippen LogP contribution < -0.4 is 5.32 Å². The van der Waals surface area contributed by atoms with Gasteiger partial charge in [0.2, 0.25) is 0 Å². The van der Waals surface area contributed by atoms with Gasteiger partial charge in [0.15, 0.2) is 0 Å². The lowest BCUT2D eigenvalue weighted by Gasteiger charge is -2.12. The average molecular weight is 281 g/mol. The second-order valence-electron chi connectivity index (χ2n) is 4.55. The first kappa shape index (κ1) is 14.1. The van der Waals surface area contributed by atoms with E-state index in [1.807, 2.05) is 19.2 Å². The van der Waals surface area contributed by atoms with E-state index in [4.69, 9.17) is 4.74 Å². The van der Waals surface area contributed by atoms with Gasteiger partial charge >= 0.3 is 0 Å². The Morgan fingerprint density at radius 1 is 1.58 bits per heavy atom. The average Bonchev–Trinajstić information content (AvgIpc) is 2.85. The summed E-state index contributed by atoms with van der Waals surface area (Å²) in [6.45, 7) is 1.99. The fourth-order valence-electron chi connectivity index (χ4n) is 1.96. The molecule has 1 amide bonds. The van der Waals surface area contributed by atoms with Gasteiger partial charge in [-0.1, -0.05) is 10.7 Å². The van der Waals surface area contributed by atoms with Crippen LogP contribution in [0.4, 0.5) is 5.69 Å². The van der Waals surface area contributed by atoms with Crippen molar-refractivity contribution in [1.82, 2.24) is 4.98 Å². The second kappa shape index (κ2) is 6.25. The Hall–Kier alpha value is -1.27. The van der Waals surface area contributed by atoms with Crippen molar-refractivity contribution in [2.75, 3.05) is 18.6 Å². The van der Waals surface area contributed by atoms with E-state index in [2.05, 4.69) is 14.7 Å². The van der Waals surface area contributed by atoms with Gasteiger partial charge in [0.25, 0.3) is 5.91 Å². The lowest BCUT2D eigenvalue weighted by molar-refractivity contribution is -0.126. The Bertz CT molecular complexity index is 504. The monoisotopic (exact) mass is 281 g/mol. The summed E-state index contributed by atoms with van der Waals surface area (Å²) in [5.74, 6) is -0.0778. The molecule has 1 aromatic heterocycles. The summed E-state index contributed by atoms with van der Waals surface area (Å²) in [6.07, 6.45) is 5.25. The van der Waals surface area contributed by atoms with E-state index in [0.717, 1.165) is 23.6 Å². The number of hydrogen-bond donors (Lipinski definition) is 1. The molecule has 1 saturated heterocycles. The van der Waals surface area contributed by atoms with Gasteiger partial charge in [-0.2, -0.15) is 0 Å². The molecule has 2 rings (SSSR count). The van der Waals surface area contributed by atoms with E-state index >= 15 is 0 Å². The zero-order chi connectivity index (χ0) is 13.8. The molecule has 2 heterocycles. The molecule has 1 N–H and O–H groups in total. The van der Waals surface area contributed by atoms with E-state index in [9.17, 15) is 4.79 Å². The van der Waals surface area contributed by atoms with Crippen LogP contribution in [0.2, 0.25) is 0 Å². The van der Waals surface area contributed by atoms with E-state index in [-0.39, 0.29) is 28.8 Å². The third-order valence-corrected chi connectivity index (χ3v) is 4.48. The lowest BCUT2D eigenvalue weighted by atomic mass is 10.2. The Kier molecular flexibility index (Phi) is 4.66. The number of nitrogens with one attached hydrogen (secondary N) is 1. The highest BCUT2D eigenvalue weighted by Crippen LogP contribution is 2.21. The van der Waals surface area contributed by atoms with Crippen LogP contribution in [0.3, 0.4) is 0 Å². The molecule has 0 radical (unpaired) electrons. The fourth-order valence-corrected chi connectivity index (χ4v) is 2.66. The van der Waals surface area contributed by atoms with Crippen molar-refractivity contribution in [2.45, 2.75) is 37.0 Å². The van der Waals surface area contributed by atoms with Gasteiger partial charge in [0.05, 0.1) is 6.10 Å². The molecular formula is C13H19N3O2S. The van der Waals surface area contributed by atoms with E-state index in [0.29, 0.717) is 0 Å². The van der Waals surface area contributed by atoms with Crippen LogP contribution >= 0.6 is 0 Å². The van der Waals surface area contributed by atoms with Crippen LogP contribution in [0.5, 0.6) is 0 Å². The maximum atomic E-state index is 12.0. The molecule has 1 aromatic rings. The zero-order valence-corrected chi connectivity index (χ0v) is 12.2. The summed E-state index contributed by atoms with van der Waals surface area (Å²) in [4.78, 5) is 16.3. The molecule has 104 valence electrons. The molecule has 3 atom stereocenters. The molecule has 5 nitrogen and oxygen atoms in total. The van der Waals surface area contributed by atoms with Crippen LogP contribution in [-0.2, 0) is 20.2 Å². The van der Waals surface area contributed by atoms with Gasteiger partial charge in [-0.3, -0.25) is 9.16 Å². The highest BCUT2D eigenvalue weighted by molar-refractivity contribution is 7.86. The van der Waals surface area contributed by atoms with Crippen molar-refractivity contribution in [3.05, 3.63) is 18.3 Å². The van der Waals surface area contributed by atoms with Gasteiger partial charge in [-0.25, -0.2) is 4.98 Å². The normalized spacial score (nSPS) is 24.4. The van der Waals surface area contributed by atoms with Gasteiger partial charge in [-0.05, 0) is 38.2 Å². The summed E-state index contributed by atoms with van der Waals surface area (Å²) in [6, 6.07) is 3.65. The van der Waals surface area contributed by atoms with Crippen LogP contribution in [0, 0.1) is 0 Å². The smallest absolute Gasteiger partial charge is 0.253 e. The van der Waals surface area contributed by atoms with Crippen LogP contribution in [0.25, 0.3) is 0 Å². The van der Waals surface area contributed by atoms with Crippen molar-refractivity contribution in [1.29, 1.82) is 0 Å². The number of nitrogens with zero attached hydrogens (tertiary/aromatic N) is 2. The van der Waals surface area contributed by atoms with Crippen molar-refractivity contribution in [2.24, 2.45) is 4.36 Å². The largest absolute Gasteiger partial charge is 0.365 e. The number of anilines is 1. The van der Waals surface area contributed by atoms with Crippen LogP contribution in [0.15, 0.2) is 27.7 Å². The van der Waals surface area contributed by atoms with E-state index in [1.54, 1.807) is 19.3 Å². The Balaban J connectivity index is 2.05. The predicted molar refractivity (Wildman–Crippen MR) is 76.3 cm³/mol. The standard InChI is InChI=1S/C13H19N3O2S/c1-9-4-5-11(18-9)13(17)16-10-6-7-15-12(8-10)19(3)14-2/h6-9,11H,4-5H2,1-3H3,(H,15,16,17). The zero-order valence-electron chi connectivity index (χ0n) is 11.4. The number of hydrogen-bond acceptors (Lipinski definition) is 4. The Morgan fingerprint density at radius 2 is 2.37 bits per heavy atom. The maximum absolute atomic E-state index is 12.0. The number of carbonyl (C=O) groups is 1. The Labute approximate surface area is 115 Å². The minimum Gasteiger partial charge on any atom is -0.365 e. The molecule has 0 saturated carbocycles. The number of pyridine rings is 1. The Morgan fingerprint density at radius 3 is 3.00 bits per heavy atom. The fraction of sp³-hybridized carbons (Fsp3) is 0.538. The van der Waals surface area contributed by atoms with Crippen molar-refractivity contribution in [3.8, 4) is 0 Å². The first-order chi connectivity index (χ1) is 9.10. The number of ether oxygens (including phenoxy) is 1. The summed E-state index contributed by atoms with van der Waals surface area (Å²) >= 11 is 0. The molecule has 19 heavy (non-hydrogen) atoms. The highest BCUT2D eigenvalue weighted by Gasteiger charge is 2.28. The van der Waals surface area contributed by atoms with Gasteiger partial charge < -0.3 is 10.1 Å². The molecule has 0 aliphatic carbocycles. The topological polar surface area (TPSA) is 63.6 Å². The summed E-state index contributed by atoms with van der Waals surface area (Å²) in [5.41, 5.74) is 0.751. The SMILES string of the molecule is CN=S(C)c1cc(NC(=O)C2CCC(C)O2)ccn1. The first-order valence-electron chi connectivity index (χ1n) is 6.28. The third-order valence-electron chi connectivity index (χ3n) is 3.10. The predicted octanol–water partition coefficient (Wildman–Crippen LogP) is 2.01. The minimum absolute atomic E-state index is 0.0778. The molecule has 0 bridgehead atoms. The number of aromatic nitrogens is 1. The minimum atomic E-state index is -0.331. The van der Waals surface area contributed by atoms with Crippen molar-refractivity contribution in [3.63, 3.8) is 0 Å². The molecule has 3 unspecified atom stereocenters. The summed E-state index contributed by atoms with van der Waals surface area (Å²) < 4.78 is 9.74. The van der Waals surface area contributed by atoms with Crippen molar-refractivity contribution < 1.29 is 9.53 Å². The molecule has 6 heteroatoms. The van der Waals surface area contributed by atoms with E-state index < -0.39 is 0 Å². The molecule has 1 aliphatic heterocycles. The number of amides is 1. The van der Waals surface area contributed by atoms with E-state index in [1.165, 1.54) is 0 Å². The molecule has 1 fully saturated rings.